The number of para-hydroxylation sites is 1. The molecule has 0 aliphatic carbocycles. The molecule has 1 aliphatic heterocycles. The van der Waals surface area contributed by atoms with E-state index < -0.39 is 35.7 Å². The van der Waals surface area contributed by atoms with Crippen molar-refractivity contribution in [2.75, 3.05) is 10.2 Å². The van der Waals surface area contributed by atoms with Crippen molar-refractivity contribution in [3.63, 3.8) is 0 Å². The lowest BCUT2D eigenvalue weighted by atomic mass is 10.1. The lowest BCUT2D eigenvalue weighted by molar-refractivity contribution is -0.137. The normalized spacial score (nSPS) is 15.3. The van der Waals surface area contributed by atoms with Crippen LogP contribution in [0.5, 0.6) is 0 Å². The highest BCUT2D eigenvalue weighted by Crippen LogP contribution is 2.33. The summed E-state index contributed by atoms with van der Waals surface area (Å²) in [5, 5.41) is 6.35. The third-order valence-corrected chi connectivity index (χ3v) is 5.28. The van der Waals surface area contributed by atoms with Gasteiger partial charge in [-0.2, -0.15) is 18.3 Å². The fraction of sp³-hybridized carbons (Fsp3) is 0.217. The molecule has 0 fully saturated rings. The number of aromatic nitrogens is 2. The Balaban J connectivity index is 1.53. The Morgan fingerprint density at radius 1 is 1.09 bits per heavy atom. The van der Waals surface area contributed by atoms with Crippen LogP contribution in [0.2, 0.25) is 0 Å². The molecule has 2 heterocycles. The zero-order valence-electron chi connectivity index (χ0n) is 17.5. The molecule has 0 bridgehead atoms. The van der Waals surface area contributed by atoms with Gasteiger partial charge in [0.15, 0.2) is 0 Å². The maximum Gasteiger partial charge on any atom is 0.416 e. The summed E-state index contributed by atoms with van der Waals surface area (Å²) in [6.07, 6.45) is -3.87. The molecule has 170 valence electrons. The molecule has 3 aromatic rings. The van der Waals surface area contributed by atoms with E-state index in [1.165, 1.54) is 12.1 Å². The number of rotatable bonds is 4. The number of nitrogens with zero attached hydrogens (tertiary/aromatic N) is 3. The van der Waals surface area contributed by atoms with Crippen LogP contribution in [0.1, 0.15) is 28.5 Å². The molecule has 0 radical (unpaired) electrons. The van der Waals surface area contributed by atoms with E-state index in [0.717, 1.165) is 40.2 Å². The molecule has 1 N–H and O–H groups in total. The number of alkyl halides is 3. The van der Waals surface area contributed by atoms with Crippen LogP contribution >= 0.6 is 0 Å². The summed E-state index contributed by atoms with van der Waals surface area (Å²) in [5.74, 6) is -1.17. The first kappa shape index (κ1) is 22.3. The van der Waals surface area contributed by atoms with E-state index in [1.54, 1.807) is 4.90 Å². The first-order valence-corrected chi connectivity index (χ1v) is 10.1. The number of carbonyl (C=O) groups excluding carboxylic acids is 2. The lowest BCUT2D eigenvalue weighted by Crippen LogP contribution is -2.38. The van der Waals surface area contributed by atoms with Crippen molar-refractivity contribution >= 4 is 23.2 Å². The number of carbonyl (C=O) groups is 2. The highest BCUT2D eigenvalue weighted by atomic mass is 19.4. The van der Waals surface area contributed by atoms with Gasteiger partial charge < -0.3 is 10.2 Å². The molecule has 7 nitrogen and oxygen atoms in total. The average Bonchev–Trinajstić information content (AvgIpc) is 3.10. The number of anilines is 2. The van der Waals surface area contributed by atoms with Crippen LogP contribution in [0.15, 0.2) is 65.5 Å². The van der Waals surface area contributed by atoms with Gasteiger partial charge in [0.1, 0.15) is 12.2 Å². The predicted octanol–water partition coefficient (Wildman–Crippen LogP) is 3.49. The van der Waals surface area contributed by atoms with Crippen molar-refractivity contribution in [3.05, 3.63) is 87.8 Å². The van der Waals surface area contributed by atoms with Gasteiger partial charge in [-0.3, -0.25) is 14.4 Å². The Hall–Kier alpha value is -3.95. The van der Waals surface area contributed by atoms with E-state index in [1.807, 2.05) is 31.2 Å². The summed E-state index contributed by atoms with van der Waals surface area (Å²) in [4.78, 5) is 39.3. The number of halogens is 3. The average molecular weight is 456 g/mol. The molecule has 0 saturated carbocycles. The van der Waals surface area contributed by atoms with Gasteiger partial charge in [-0.15, -0.1) is 0 Å². The second-order valence-electron chi connectivity index (χ2n) is 7.70. The zero-order chi connectivity index (χ0) is 23.8. The lowest BCUT2D eigenvalue weighted by Gasteiger charge is -2.22. The minimum atomic E-state index is -4.56. The molecule has 0 saturated heterocycles. The number of fused-ring (bicyclic) bond motifs is 1. The molecule has 1 aromatic heterocycles. The van der Waals surface area contributed by atoms with Gasteiger partial charge in [0.2, 0.25) is 5.91 Å². The summed E-state index contributed by atoms with van der Waals surface area (Å²) in [5.41, 5.74) is 0.149. The largest absolute Gasteiger partial charge is 0.416 e. The smallest absolute Gasteiger partial charge is 0.324 e. The molecule has 0 spiro atoms. The Labute approximate surface area is 186 Å². The second-order valence-corrected chi connectivity index (χ2v) is 7.70. The third kappa shape index (κ3) is 4.64. The number of benzene rings is 2. The maximum absolute atomic E-state index is 13.1. The van der Waals surface area contributed by atoms with Gasteiger partial charge in [-0.1, -0.05) is 24.3 Å². The molecular weight excluding hydrogens is 437 g/mol. The van der Waals surface area contributed by atoms with Crippen LogP contribution in [0, 0.1) is 0 Å². The van der Waals surface area contributed by atoms with E-state index in [-0.39, 0.29) is 17.4 Å². The summed E-state index contributed by atoms with van der Waals surface area (Å²) in [6, 6.07) is 13.9. The molecule has 10 heteroatoms. The zero-order valence-corrected chi connectivity index (χ0v) is 17.5. The maximum atomic E-state index is 13.1. The molecule has 1 aliphatic rings. The highest BCUT2D eigenvalue weighted by Gasteiger charge is 2.32. The Morgan fingerprint density at radius 3 is 2.61 bits per heavy atom. The Kier molecular flexibility index (Phi) is 5.75. The first-order chi connectivity index (χ1) is 15.6. The Morgan fingerprint density at radius 2 is 1.85 bits per heavy atom. The van der Waals surface area contributed by atoms with Gasteiger partial charge >= 0.3 is 6.18 Å². The van der Waals surface area contributed by atoms with Gasteiger partial charge in [-0.25, -0.2) is 4.68 Å². The predicted molar refractivity (Wildman–Crippen MR) is 115 cm³/mol. The van der Waals surface area contributed by atoms with Crippen molar-refractivity contribution in [1.82, 2.24) is 9.78 Å². The number of amides is 2. The first-order valence-electron chi connectivity index (χ1n) is 10.1. The number of hydrogen-bond acceptors (Lipinski definition) is 4. The van der Waals surface area contributed by atoms with E-state index in [0.29, 0.717) is 6.42 Å². The molecule has 4 rings (SSSR count). The van der Waals surface area contributed by atoms with Crippen molar-refractivity contribution in [3.8, 4) is 0 Å². The van der Waals surface area contributed by atoms with Gasteiger partial charge in [-0.05, 0) is 49.2 Å². The molecule has 2 amide bonds. The van der Waals surface area contributed by atoms with Crippen LogP contribution in [0.3, 0.4) is 0 Å². The van der Waals surface area contributed by atoms with Gasteiger partial charge in [0.05, 0.1) is 5.56 Å². The fourth-order valence-electron chi connectivity index (χ4n) is 3.78. The summed E-state index contributed by atoms with van der Waals surface area (Å²) in [7, 11) is 0. The second kappa shape index (κ2) is 8.53. The van der Waals surface area contributed by atoms with Gasteiger partial charge in [0, 0.05) is 23.5 Å². The summed E-state index contributed by atoms with van der Waals surface area (Å²) < 4.78 is 39.4. The number of hydrogen-bond donors (Lipinski definition) is 1. The molecule has 1 unspecified atom stereocenters. The van der Waals surface area contributed by atoms with Crippen LogP contribution < -0.4 is 15.8 Å². The van der Waals surface area contributed by atoms with E-state index in [2.05, 4.69) is 10.4 Å². The fourth-order valence-corrected chi connectivity index (χ4v) is 3.78. The SMILES string of the molecule is CC1Cc2ccccc2N1C(=O)c1ccc(=O)n(CC(=O)Nc2cccc(C(F)(F)F)c2)n1. The molecule has 2 aromatic carbocycles. The number of nitrogens with one attached hydrogen (secondary N) is 1. The van der Waals surface area contributed by atoms with E-state index in [9.17, 15) is 27.6 Å². The van der Waals surface area contributed by atoms with E-state index in [4.69, 9.17) is 0 Å². The summed E-state index contributed by atoms with van der Waals surface area (Å²) >= 11 is 0. The Bertz CT molecular complexity index is 1290. The molecular formula is C23H19F3N4O3. The molecule has 33 heavy (non-hydrogen) atoms. The monoisotopic (exact) mass is 456 g/mol. The van der Waals surface area contributed by atoms with Crippen molar-refractivity contribution in [2.45, 2.75) is 32.1 Å². The minimum absolute atomic E-state index is 0.0231. The van der Waals surface area contributed by atoms with Crippen molar-refractivity contribution in [1.29, 1.82) is 0 Å². The van der Waals surface area contributed by atoms with E-state index >= 15 is 0 Å². The van der Waals surface area contributed by atoms with Gasteiger partial charge in [0.25, 0.3) is 11.5 Å². The van der Waals surface area contributed by atoms with Crippen molar-refractivity contribution in [2.24, 2.45) is 0 Å². The van der Waals surface area contributed by atoms with Crippen LogP contribution in [0.25, 0.3) is 0 Å². The highest BCUT2D eigenvalue weighted by molar-refractivity contribution is 6.06. The summed E-state index contributed by atoms with van der Waals surface area (Å²) in [6.45, 7) is 1.33. The van der Waals surface area contributed by atoms with Crippen LogP contribution in [-0.4, -0.2) is 27.6 Å². The van der Waals surface area contributed by atoms with Crippen LogP contribution in [-0.2, 0) is 23.9 Å². The van der Waals surface area contributed by atoms with Crippen LogP contribution in [0.4, 0.5) is 24.5 Å². The third-order valence-electron chi connectivity index (χ3n) is 5.28. The van der Waals surface area contributed by atoms with Crippen molar-refractivity contribution < 1.29 is 22.8 Å². The molecule has 1 atom stereocenters. The topological polar surface area (TPSA) is 84.3 Å². The minimum Gasteiger partial charge on any atom is -0.324 e. The standard InChI is InChI=1S/C23H19F3N4O3/c1-14-11-15-5-2-3-8-19(15)30(14)22(33)18-9-10-21(32)29(28-18)13-20(31)27-17-7-4-6-16(12-17)23(24,25)26/h2-10,12,14H,11,13H2,1H3,(H,27,31). The quantitative estimate of drug-likeness (QED) is 0.652.